The molecule has 6 nitrogen and oxygen atoms in total. The molecule has 0 unspecified atom stereocenters. The third-order valence-corrected chi connectivity index (χ3v) is 3.63. The number of thiazole rings is 1. The number of amides is 1. The Morgan fingerprint density at radius 3 is 2.52 bits per heavy atom. The van der Waals surface area contributed by atoms with Gasteiger partial charge in [0.1, 0.15) is 0 Å². The highest BCUT2D eigenvalue weighted by molar-refractivity contribution is 7.09. The van der Waals surface area contributed by atoms with Crippen molar-refractivity contribution in [2.75, 3.05) is 26.7 Å². The van der Waals surface area contributed by atoms with Crippen LogP contribution in [0.25, 0.3) is 0 Å². The topological polar surface area (TPSA) is 78.4 Å². The molecule has 118 valence electrons. The number of guanidine groups is 1. The Bertz CT molecular complexity index is 470. The summed E-state index contributed by atoms with van der Waals surface area (Å²) in [7, 11) is 1.73. The van der Waals surface area contributed by atoms with Crippen LogP contribution in [0.3, 0.4) is 0 Å². The minimum atomic E-state index is 0.0176. The van der Waals surface area contributed by atoms with E-state index >= 15 is 0 Å². The number of nitrogens with zero attached hydrogens (tertiary/aromatic N) is 2. The first-order valence-electron chi connectivity index (χ1n) is 7.16. The number of aromatic nitrogens is 1. The average Bonchev–Trinajstić information content (AvgIpc) is 2.86. The van der Waals surface area contributed by atoms with Crippen molar-refractivity contribution in [1.82, 2.24) is 20.9 Å². The summed E-state index contributed by atoms with van der Waals surface area (Å²) in [4.78, 5) is 20.0. The average molecular weight is 311 g/mol. The van der Waals surface area contributed by atoms with Gasteiger partial charge in [0.25, 0.3) is 0 Å². The molecule has 1 aromatic rings. The van der Waals surface area contributed by atoms with Crippen LogP contribution in [0.5, 0.6) is 0 Å². The van der Waals surface area contributed by atoms with Gasteiger partial charge in [-0.3, -0.25) is 9.79 Å². The van der Waals surface area contributed by atoms with Crippen molar-refractivity contribution in [3.05, 3.63) is 16.1 Å². The zero-order valence-corrected chi connectivity index (χ0v) is 14.0. The summed E-state index contributed by atoms with van der Waals surface area (Å²) < 4.78 is 0. The third kappa shape index (κ3) is 7.08. The smallest absolute Gasteiger partial charge is 0.222 e. The van der Waals surface area contributed by atoms with Crippen molar-refractivity contribution < 1.29 is 4.79 Å². The molecule has 0 aliphatic carbocycles. The molecule has 0 saturated carbocycles. The second kappa shape index (κ2) is 9.33. The van der Waals surface area contributed by atoms with Gasteiger partial charge in [-0.15, -0.1) is 11.3 Å². The predicted octanol–water partition coefficient (Wildman–Crippen LogP) is 0.931. The van der Waals surface area contributed by atoms with Gasteiger partial charge in [0.2, 0.25) is 5.91 Å². The Labute approximate surface area is 130 Å². The Kier molecular flexibility index (Phi) is 7.74. The standard InChI is InChI=1S/C14H25N5OS/c1-10(2)13(20)16-7-8-18-14(15-4)17-6-5-12-9-21-11(3)19-12/h9-10H,5-8H2,1-4H3,(H,16,20)(H2,15,17,18). The van der Waals surface area contributed by atoms with Crippen LogP contribution in [0.4, 0.5) is 0 Å². The lowest BCUT2D eigenvalue weighted by molar-refractivity contribution is -0.123. The highest BCUT2D eigenvalue weighted by Gasteiger charge is 2.05. The molecule has 0 aliphatic heterocycles. The molecular formula is C14H25N5OS. The summed E-state index contributed by atoms with van der Waals surface area (Å²) in [5.74, 6) is 0.823. The van der Waals surface area contributed by atoms with E-state index in [2.05, 4.69) is 31.3 Å². The van der Waals surface area contributed by atoms with Crippen LogP contribution in [0.1, 0.15) is 24.5 Å². The van der Waals surface area contributed by atoms with Crippen LogP contribution in [0.15, 0.2) is 10.4 Å². The summed E-state index contributed by atoms with van der Waals surface area (Å²) in [6, 6.07) is 0. The maximum Gasteiger partial charge on any atom is 0.222 e. The van der Waals surface area contributed by atoms with E-state index in [0.717, 1.165) is 29.6 Å². The Hall–Kier alpha value is -1.63. The molecule has 1 heterocycles. The lowest BCUT2D eigenvalue weighted by Crippen LogP contribution is -2.42. The molecular weight excluding hydrogens is 286 g/mol. The molecule has 1 aromatic heterocycles. The van der Waals surface area contributed by atoms with Crippen molar-refractivity contribution in [1.29, 1.82) is 0 Å². The van der Waals surface area contributed by atoms with Crippen molar-refractivity contribution in [2.45, 2.75) is 27.2 Å². The maximum atomic E-state index is 11.4. The molecule has 0 bridgehead atoms. The monoisotopic (exact) mass is 311 g/mol. The molecule has 0 fully saturated rings. The zero-order valence-electron chi connectivity index (χ0n) is 13.2. The summed E-state index contributed by atoms with van der Waals surface area (Å²) in [6.07, 6.45) is 0.870. The van der Waals surface area contributed by atoms with E-state index in [1.54, 1.807) is 18.4 Å². The minimum absolute atomic E-state index is 0.0176. The molecule has 1 amide bonds. The molecule has 0 aliphatic rings. The van der Waals surface area contributed by atoms with Gasteiger partial charge in [-0.25, -0.2) is 4.98 Å². The summed E-state index contributed by atoms with van der Waals surface area (Å²) in [5, 5.41) is 12.4. The Morgan fingerprint density at radius 1 is 1.29 bits per heavy atom. The molecule has 0 atom stereocenters. The molecule has 0 spiro atoms. The number of rotatable bonds is 7. The fourth-order valence-corrected chi connectivity index (χ4v) is 2.27. The number of hydrogen-bond acceptors (Lipinski definition) is 4. The van der Waals surface area contributed by atoms with E-state index < -0.39 is 0 Å². The van der Waals surface area contributed by atoms with Crippen molar-refractivity contribution in [3.63, 3.8) is 0 Å². The molecule has 0 saturated heterocycles. The van der Waals surface area contributed by atoms with Crippen molar-refractivity contribution in [3.8, 4) is 0 Å². The first kappa shape index (κ1) is 17.4. The van der Waals surface area contributed by atoms with Crippen LogP contribution in [0, 0.1) is 12.8 Å². The van der Waals surface area contributed by atoms with E-state index in [4.69, 9.17) is 0 Å². The van der Waals surface area contributed by atoms with E-state index in [1.165, 1.54) is 0 Å². The third-order valence-electron chi connectivity index (χ3n) is 2.80. The summed E-state index contributed by atoms with van der Waals surface area (Å²) >= 11 is 1.67. The fourth-order valence-electron chi connectivity index (χ4n) is 1.62. The van der Waals surface area contributed by atoms with Gasteiger partial charge >= 0.3 is 0 Å². The number of hydrogen-bond donors (Lipinski definition) is 3. The first-order chi connectivity index (χ1) is 10.0. The largest absolute Gasteiger partial charge is 0.356 e. The van der Waals surface area contributed by atoms with Gasteiger partial charge in [0, 0.05) is 44.4 Å². The van der Waals surface area contributed by atoms with Crippen LogP contribution in [0.2, 0.25) is 0 Å². The number of carbonyl (C=O) groups excluding carboxylic acids is 1. The predicted molar refractivity (Wildman–Crippen MR) is 87.8 cm³/mol. The quantitative estimate of drug-likeness (QED) is 0.398. The zero-order chi connectivity index (χ0) is 15.7. The van der Waals surface area contributed by atoms with E-state index in [-0.39, 0.29) is 11.8 Å². The Morgan fingerprint density at radius 2 is 1.95 bits per heavy atom. The SMILES string of the molecule is CN=C(NCCNC(=O)C(C)C)NCCc1csc(C)n1. The molecule has 1 rings (SSSR count). The van der Waals surface area contributed by atoms with Gasteiger partial charge in [0.05, 0.1) is 10.7 Å². The maximum absolute atomic E-state index is 11.4. The van der Waals surface area contributed by atoms with Gasteiger partial charge in [-0.2, -0.15) is 0 Å². The van der Waals surface area contributed by atoms with Gasteiger partial charge in [0.15, 0.2) is 5.96 Å². The van der Waals surface area contributed by atoms with Crippen LogP contribution in [-0.4, -0.2) is 43.5 Å². The minimum Gasteiger partial charge on any atom is -0.356 e. The highest BCUT2D eigenvalue weighted by Crippen LogP contribution is 2.07. The first-order valence-corrected chi connectivity index (χ1v) is 8.04. The molecule has 7 heteroatoms. The summed E-state index contributed by atoms with van der Waals surface area (Å²) in [5.41, 5.74) is 1.10. The Balaban J connectivity index is 2.16. The normalized spacial score (nSPS) is 11.6. The highest BCUT2D eigenvalue weighted by atomic mass is 32.1. The molecule has 0 aromatic carbocycles. The number of aryl methyl sites for hydroxylation is 1. The lowest BCUT2D eigenvalue weighted by Gasteiger charge is -2.12. The molecule has 21 heavy (non-hydrogen) atoms. The van der Waals surface area contributed by atoms with Crippen LogP contribution in [-0.2, 0) is 11.2 Å². The molecule has 3 N–H and O–H groups in total. The summed E-state index contributed by atoms with van der Waals surface area (Å²) in [6.45, 7) is 7.78. The number of carbonyl (C=O) groups is 1. The van der Waals surface area contributed by atoms with Crippen LogP contribution >= 0.6 is 11.3 Å². The van der Waals surface area contributed by atoms with Gasteiger partial charge in [-0.05, 0) is 6.92 Å². The molecule has 0 radical (unpaired) electrons. The lowest BCUT2D eigenvalue weighted by atomic mass is 10.2. The van der Waals surface area contributed by atoms with E-state index in [0.29, 0.717) is 13.1 Å². The number of nitrogens with one attached hydrogen (secondary N) is 3. The van der Waals surface area contributed by atoms with Gasteiger partial charge in [-0.1, -0.05) is 13.8 Å². The fraction of sp³-hybridized carbons (Fsp3) is 0.643. The van der Waals surface area contributed by atoms with Crippen molar-refractivity contribution >= 4 is 23.2 Å². The van der Waals surface area contributed by atoms with Gasteiger partial charge < -0.3 is 16.0 Å². The van der Waals surface area contributed by atoms with Crippen LogP contribution < -0.4 is 16.0 Å². The number of aliphatic imine (C=N–C) groups is 1. The van der Waals surface area contributed by atoms with E-state index in [1.807, 2.05) is 20.8 Å². The van der Waals surface area contributed by atoms with Crippen molar-refractivity contribution in [2.24, 2.45) is 10.9 Å². The van der Waals surface area contributed by atoms with E-state index in [9.17, 15) is 4.79 Å². The second-order valence-electron chi connectivity index (χ2n) is 4.98. The second-order valence-corrected chi connectivity index (χ2v) is 6.04.